The number of imidazole rings is 1. The molecule has 0 spiro atoms. The zero-order chi connectivity index (χ0) is 64.4. The lowest BCUT2D eigenvalue weighted by Crippen LogP contribution is -2.60. The van der Waals surface area contributed by atoms with Crippen LogP contribution >= 0.6 is 0 Å². The van der Waals surface area contributed by atoms with Gasteiger partial charge in [-0.05, 0) is 87.1 Å². The average molecular weight is 1220 g/mol. The molecule has 88 heavy (non-hydrogen) atoms. The van der Waals surface area contributed by atoms with Crippen molar-refractivity contribution in [2.75, 3.05) is 6.54 Å². The smallest absolute Gasteiger partial charge is 0.408 e. The Hall–Kier alpha value is -9.62. The third kappa shape index (κ3) is 20.0. The molecule has 0 fully saturated rings. The van der Waals surface area contributed by atoms with Crippen molar-refractivity contribution in [2.24, 2.45) is 23.3 Å². The molecule has 2 unspecified atom stereocenters. The molecule has 1 aliphatic rings. The lowest BCUT2D eigenvalue weighted by Gasteiger charge is -2.27. The minimum atomic E-state index is -1.48. The van der Waals surface area contributed by atoms with Crippen LogP contribution in [0.15, 0.2) is 97.6 Å². The van der Waals surface area contributed by atoms with Crippen molar-refractivity contribution in [3.63, 3.8) is 0 Å². The Labute approximate surface area is 510 Å². The number of ether oxygens (including phenoxy) is 1. The molecule has 26 nitrogen and oxygen atoms in total. The predicted molar refractivity (Wildman–Crippen MR) is 325 cm³/mol. The number of amides is 11. The largest absolute Gasteiger partial charge is 0.444 e. The highest BCUT2D eigenvalue weighted by molar-refractivity contribution is 5.98. The first-order valence-corrected chi connectivity index (χ1v) is 29.3. The number of benzene rings is 3. The van der Waals surface area contributed by atoms with Crippen molar-refractivity contribution in [1.82, 2.24) is 62.8 Å². The number of carbonyl (C=O) groups is 11. The Bertz CT molecular complexity index is 3290. The van der Waals surface area contributed by atoms with E-state index in [2.05, 4.69) is 62.8 Å². The van der Waals surface area contributed by atoms with Crippen LogP contribution in [0.2, 0.25) is 0 Å². The first-order chi connectivity index (χ1) is 41.7. The van der Waals surface area contributed by atoms with Crippen LogP contribution < -0.4 is 59.3 Å². The van der Waals surface area contributed by atoms with E-state index < -0.39 is 137 Å². The number of H-pyrrole nitrogens is 2. The summed E-state index contributed by atoms with van der Waals surface area (Å²) in [4.78, 5) is 160. The Balaban J connectivity index is 1.12. The molecule has 0 saturated heterocycles. The number of aromatic amines is 2. The molecule has 15 N–H and O–H groups in total. The van der Waals surface area contributed by atoms with Crippen LogP contribution in [-0.4, -0.2) is 141 Å². The number of aromatic nitrogens is 3. The number of nitrogens with one attached hydrogen (secondary N) is 11. The van der Waals surface area contributed by atoms with Crippen LogP contribution in [0.1, 0.15) is 109 Å². The summed E-state index contributed by atoms with van der Waals surface area (Å²) in [7, 11) is 0. The van der Waals surface area contributed by atoms with Gasteiger partial charge in [0.1, 0.15) is 47.9 Å². The topological polar surface area (TPSA) is 402 Å². The maximum Gasteiger partial charge on any atom is 0.408 e. The molecule has 0 radical (unpaired) electrons. The van der Waals surface area contributed by atoms with E-state index in [1.54, 1.807) is 101 Å². The lowest BCUT2D eigenvalue weighted by atomic mass is 9.96. The molecule has 11 amide bonds. The molecule has 2 aromatic heterocycles. The van der Waals surface area contributed by atoms with Crippen LogP contribution in [0, 0.1) is 11.8 Å². The Morgan fingerprint density at radius 2 is 1.25 bits per heavy atom. The summed E-state index contributed by atoms with van der Waals surface area (Å²) in [6.07, 6.45) is 3.21. The number of carbonyl (C=O) groups excluding carboxylic acids is 11. The van der Waals surface area contributed by atoms with E-state index in [1.165, 1.54) is 19.4 Å². The number of hydrogen-bond donors (Lipinski definition) is 13. The maximum atomic E-state index is 14.4. The van der Waals surface area contributed by atoms with Crippen molar-refractivity contribution in [2.45, 2.75) is 160 Å². The normalized spacial score (nSPS) is 16.0. The van der Waals surface area contributed by atoms with E-state index >= 15 is 0 Å². The quantitative estimate of drug-likeness (QED) is 0.0307. The summed E-state index contributed by atoms with van der Waals surface area (Å²) in [5, 5.41) is 24.7. The Morgan fingerprint density at radius 3 is 1.90 bits per heavy atom. The molecule has 3 aromatic carbocycles. The van der Waals surface area contributed by atoms with Crippen molar-refractivity contribution < 1.29 is 57.5 Å². The van der Waals surface area contributed by atoms with E-state index in [4.69, 9.17) is 16.2 Å². The van der Waals surface area contributed by atoms with Crippen LogP contribution in [-0.2, 0) is 78.4 Å². The van der Waals surface area contributed by atoms with Gasteiger partial charge in [0.2, 0.25) is 59.1 Å². The van der Waals surface area contributed by atoms with Gasteiger partial charge in [-0.15, -0.1) is 0 Å². The van der Waals surface area contributed by atoms with E-state index in [9.17, 15) is 52.7 Å². The fourth-order valence-corrected chi connectivity index (χ4v) is 10.2. The van der Waals surface area contributed by atoms with Crippen molar-refractivity contribution in [1.29, 1.82) is 0 Å². The molecule has 0 aliphatic heterocycles. The lowest BCUT2D eigenvalue weighted by molar-refractivity contribution is -0.135. The monoisotopic (exact) mass is 1210 g/mol. The minimum absolute atomic E-state index is 0.0195. The number of primary amides is 2. The standard InChI is InChI=1S/C62H82N14O12/c1-33(2)24-45(57(83)72-44-26-37-18-12-13-20-41(37)51(44)53(64)79)73-59(85)48(28-39-30-65-32-68-39)70-50(78)31-67-60(86)52(34(3)4)76-54(80)35(5)69-56(82)47(27-38-29-66-42-21-15-14-19-40(38)42)74-55(81)43(22-23-49(63)77)71-58(84)46(25-36-16-10-9-11-17-36)75-61(87)88-62(6,7)8/h9-21,29-30,32-35,43-48,51-52,66H,22-28,31H2,1-8H3,(H2,63,77)(H2,64,79)(H,65,68)(H,67,86)(H,69,82)(H,70,78)(H,71,84)(H,72,83)(H,73,85)(H,74,81)(H,75,87)(H,76,80)/t35-,43-,44?,45-,46+,47-,48-,51?,52-/m0/s1. The van der Waals surface area contributed by atoms with Crippen LogP contribution in [0.3, 0.4) is 0 Å². The van der Waals surface area contributed by atoms with Gasteiger partial charge in [-0.25, -0.2) is 9.78 Å². The molecule has 0 saturated carbocycles. The number of para-hydroxylation sites is 1. The third-order valence-electron chi connectivity index (χ3n) is 14.6. The molecule has 9 atom stereocenters. The number of fused-ring (bicyclic) bond motifs is 2. The van der Waals surface area contributed by atoms with Gasteiger partial charge in [0.25, 0.3) is 0 Å². The predicted octanol–water partition coefficient (Wildman–Crippen LogP) is 1.13. The number of rotatable bonds is 30. The van der Waals surface area contributed by atoms with Crippen LogP contribution in [0.25, 0.3) is 10.9 Å². The second-order valence-corrected chi connectivity index (χ2v) is 23.7. The molecule has 26 heteroatoms. The number of hydrogen-bond acceptors (Lipinski definition) is 13. The third-order valence-corrected chi connectivity index (χ3v) is 14.6. The van der Waals surface area contributed by atoms with Crippen LogP contribution in [0.5, 0.6) is 0 Å². The summed E-state index contributed by atoms with van der Waals surface area (Å²) < 4.78 is 5.43. The molecule has 472 valence electrons. The van der Waals surface area contributed by atoms with Gasteiger partial charge < -0.3 is 74.0 Å². The number of nitrogens with two attached hydrogens (primary N) is 2. The molecule has 2 heterocycles. The second-order valence-electron chi connectivity index (χ2n) is 23.7. The van der Waals surface area contributed by atoms with Gasteiger partial charge in [-0.3, -0.25) is 47.9 Å². The van der Waals surface area contributed by atoms with Crippen LogP contribution in [0.4, 0.5) is 4.79 Å². The first kappa shape index (κ1) is 67.5. The van der Waals surface area contributed by atoms with Crippen molar-refractivity contribution in [3.8, 4) is 0 Å². The summed E-state index contributed by atoms with van der Waals surface area (Å²) >= 11 is 0. The second kappa shape index (κ2) is 31.2. The SMILES string of the molecule is CC(C)C[C@H](NC(=O)[C@H](Cc1cnc[nH]1)NC(=O)CNC(=O)[C@@H](NC(=O)[C@H](C)NC(=O)[C@H](Cc1c[nH]c2ccccc12)NC(=O)[C@H](CCC(N)=O)NC(=O)[C@@H](Cc1ccccc1)NC(=O)OC(C)(C)C)C(C)C)C(=O)NC1Cc2ccccc2C1C(N)=O. The molecule has 0 bridgehead atoms. The van der Waals surface area contributed by atoms with Gasteiger partial charge in [0.05, 0.1) is 18.8 Å². The van der Waals surface area contributed by atoms with Gasteiger partial charge in [0.15, 0.2) is 0 Å². The number of alkyl carbamates (subject to hydrolysis) is 1. The minimum Gasteiger partial charge on any atom is -0.444 e. The molecular formula is C62H82N14O12. The fraction of sp³-hybridized carbons (Fsp3) is 0.452. The molecule has 1 aliphatic carbocycles. The summed E-state index contributed by atoms with van der Waals surface area (Å²) in [6, 6.07) is 13.4. The summed E-state index contributed by atoms with van der Waals surface area (Å²) in [5.41, 5.74) is 14.4. The van der Waals surface area contributed by atoms with Gasteiger partial charge in [-0.1, -0.05) is 100 Å². The molecular weight excluding hydrogens is 1130 g/mol. The molecule has 5 aromatic rings. The van der Waals surface area contributed by atoms with Gasteiger partial charge in [0, 0.05) is 60.7 Å². The number of nitrogens with zero attached hydrogens (tertiary/aromatic N) is 1. The Morgan fingerprint density at radius 1 is 0.636 bits per heavy atom. The fourth-order valence-electron chi connectivity index (χ4n) is 10.2. The van der Waals surface area contributed by atoms with E-state index in [1.807, 2.05) is 32.0 Å². The Kier molecular flexibility index (Phi) is 23.9. The summed E-state index contributed by atoms with van der Waals surface area (Å²) in [5.74, 6) is -9.10. The zero-order valence-electron chi connectivity index (χ0n) is 50.7. The van der Waals surface area contributed by atoms with E-state index in [0.29, 0.717) is 28.8 Å². The van der Waals surface area contributed by atoms with Gasteiger partial charge >= 0.3 is 6.09 Å². The van der Waals surface area contributed by atoms with Gasteiger partial charge in [-0.2, -0.15) is 0 Å². The first-order valence-electron chi connectivity index (χ1n) is 29.3. The maximum absolute atomic E-state index is 14.4. The average Bonchev–Trinajstić information content (AvgIpc) is 1.93. The van der Waals surface area contributed by atoms with Crippen molar-refractivity contribution >= 4 is 76.1 Å². The molecule has 6 rings (SSSR count). The van der Waals surface area contributed by atoms with Crippen molar-refractivity contribution in [3.05, 3.63) is 126 Å². The highest BCUT2D eigenvalue weighted by atomic mass is 16.6. The van der Waals surface area contributed by atoms with E-state index in [-0.39, 0.29) is 44.4 Å². The highest BCUT2D eigenvalue weighted by Gasteiger charge is 2.40. The zero-order valence-corrected chi connectivity index (χ0v) is 50.7. The highest BCUT2D eigenvalue weighted by Crippen LogP contribution is 2.33. The summed E-state index contributed by atoms with van der Waals surface area (Å²) in [6.45, 7) is 12.7. The van der Waals surface area contributed by atoms with E-state index in [0.717, 1.165) is 16.5 Å².